The molecular weight excluding hydrogens is 522 g/mol. The predicted molar refractivity (Wildman–Crippen MR) is 150 cm³/mol. The standard InChI is InChI=1S/C27H25N5O4S2/c1-36-26(33)18-7-5-8-21(17-18)31-16-6-10-23(31)25-24(22-9-3-4-15-28-22)29-27(37)32(25)20-13-11-19(12-14-20)30-38(2,34)35/h3-17,24-25,30H,1-2H3,(H,29,37)/t24-,25+/m0/s1. The Morgan fingerprint density at radius 3 is 2.50 bits per heavy atom. The SMILES string of the molecule is COC(=O)c1cccc(-n2cccc2[C@@H]2[C@H](c3ccccn3)NC(=S)N2c2ccc(NS(C)(=O)=O)cc2)c1. The number of methoxy groups -OCH3 is 1. The number of nitrogens with one attached hydrogen (secondary N) is 2. The van der Waals surface area contributed by atoms with Gasteiger partial charge in [0.1, 0.15) is 6.04 Å². The molecule has 0 amide bonds. The van der Waals surface area contributed by atoms with Crippen LogP contribution < -0.4 is 14.9 Å². The number of thiocarbonyl (C=S) groups is 1. The molecule has 1 saturated heterocycles. The smallest absolute Gasteiger partial charge is 0.337 e. The van der Waals surface area contributed by atoms with Crippen molar-refractivity contribution in [2.24, 2.45) is 0 Å². The van der Waals surface area contributed by atoms with E-state index in [9.17, 15) is 13.2 Å². The van der Waals surface area contributed by atoms with Crippen molar-refractivity contribution in [2.75, 3.05) is 23.0 Å². The summed E-state index contributed by atoms with van der Waals surface area (Å²) in [5.74, 6) is -0.417. The van der Waals surface area contributed by atoms with Gasteiger partial charge in [-0.2, -0.15) is 0 Å². The fourth-order valence-electron chi connectivity index (χ4n) is 4.61. The summed E-state index contributed by atoms with van der Waals surface area (Å²) in [5, 5.41) is 3.93. The zero-order valence-electron chi connectivity index (χ0n) is 20.6. The number of carbonyl (C=O) groups excluding carboxylic acids is 1. The average molecular weight is 548 g/mol. The minimum absolute atomic E-state index is 0.282. The van der Waals surface area contributed by atoms with Crippen LogP contribution in [0.3, 0.4) is 0 Å². The zero-order valence-corrected chi connectivity index (χ0v) is 22.2. The summed E-state index contributed by atoms with van der Waals surface area (Å²) in [6.45, 7) is 0. The lowest BCUT2D eigenvalue weighted by molar-refractivity contribution is 0.0600. The molecule has 0 spiro atoms. The maximum absolute atomic E-state index is 12.2. The maximum atomic E-state index is 12.2. The Balaban J connectivity index is 1.61. The number of aromatic nitrogens is 2. The second-order valence-corrected chi connectivity index (χ2v) is 10.9. The molecule has 9 nitrogen and oxygen atoms in total. The Kier molecular flexibility index (Phi) is 6.87. The molecule has 2 aromatic heterocycles. The third kappa shape index (κ3) is 5.11. The molecule has 2 atom stereocenters. The minimum Gasteiger partial charge on any atom is -0.465 e. The number of hydrogen-bond donors (Lipinski definition) is 2. The summed E-state index contributed by atoms with van der Waals surface area (Å²) in [6.07, 6.45) is 4.78. The number of esters is 1. The lowest BCUT2D eigenvalue weighted by Gasteiger charge is -2.29. The number of sulfonamides is 1. The van der Waals surface area contributed by atoms with Crippen LogP contribution in [0.25, 0.3) is 5.69 Å². The number of pyridine rings is 1. The van der Waals surface area contributed by atoms with E-state index >= 15 is 0 Å². The summed E-state index contributed by atoms with van der Waals surface area (Å²) in [7, 11) is -2.05. The van der Waals surface area contributed by atoms with E-state index in [1.807, 2.05) is 70.3 Å². The Hall–Kier alpha value is -4.22. The van der Waals surface area contributed by atoms with Gasteiger partial charge in [0.15, 0.2) is 5.11 Å². The zero-order chi connectivity index (χ0) is 26.9. The van der Waals surface area contributed by atoms with Crippen molar-refractivity contribution in [2.45, 2.75) is 12.1 Å². The molecule has 3 heterocycles. The highest BCUT2D eigenvalue weighted by molar-refractivity contribution is 7.92. The van der Waals surface area contributed by atoms with Crippen LogP contribution in [0.2, 0.25) is 0 Å². The van der Waals surface area contributed by atoms with Gasteiger partial charge >= 0.3 is 5.97 Å². The summed E-state index contributed by atoms with van der Waals surface area (Å²) < 4.78 is 32.7. The summed E-state index contributed by atoms with van der Waals surface area (Å²) >= 11 is 5.81. The van der Waals surface area contributed by atoms with E-state index in [0.717, 1.165) is 29.0 Å². The van der Waals surface area contributed by atoms with Crippen molar-refractivity contribution in [3.63, 3.8) is 0 Å². The molecule has 0 saturated carbocycles. The van der Waals surface area contributed by atoms with Gasteiger partial charge in [0.05, 0.1) is 30.7 Å². The van der Waals surface area contributed by atoms with Gasteiger partial charge in [0.25, 0.3) is 0 Å². The first-order chi connectivity index (χ1) is 18.2. The number of benzene rings is 2. The van der Waals surface area contributed by atoms with Crippen LogP contribution in [0.4, 0.5) is 11.4 Å². The van der Waals surface area contributed by atoms with Crippen LogP contribution in [-0.4, -0.2) is 42.4 Å². The maximum Gasteiger partial charge on any atom is 0.337 e. The molecule has 2 aromatic carbocycles. The Labute approximate surface area is 226 Å². The quantitative estimate of drug-likeness (QED) is 0.262. The average Bonchev–Trinajstić information content (AvgIpc) is 3.53. The summed E-state index contributed by atoms with van der Waals surface area (Å²) in [4.78, 5) is 18.8. The van der Waals surface area contributed by atoms with Gasteiger partial charge in [-0.05, 0) is 78.9 Å². The van der Waals surface area contributed by atoms with Crippen LogP contribution in [0.5, 0.6) is 0 Å². The topological polar surface area (TPSA) is 106 Å². The Bertz CT molecular complexity index is 1590. The van der Waals surface area contributed by atoms with Crippen molar-refractivity contribution in [3.8, 4) is 5.69 Å². The molecule has 11 heteroatoms. The number of rotatable bonds is 7. The van der Waals surface area contributed by atoms with E-state index in [4.69, 9.17) is 17.0 Å². The molecule has 5 rings (SSSR count). The molecule has 1 aliphatic rings. The van der Waals surface area contributed by atoms with Crippen LogP contribution in [0.15, 0.2) is 91.3 Å². The number of anilines is 2. The van der Waals surface area contributed by atoms with Gasteiger partial charge < -0.3 is 19.5 Å². The van der Waals surface area contributed by atoms with Crippen molar-refractivity contribution in [1.29, 1.82) is 0 Å². The molecule has 0 aliphatic carbocycles. The van der Waals surface area contributed by atoms with Crippen LogP contribution in [-0.2, 0) is 14.8 Å². The first kappa shape index (κ1) is 25.4. The molecule has 1 fully saturated rings. The van der Waals surface area contributed by atoms with Crippen molar-refractivity contribution in [3.05, 3.63) is 108 Å². The number of ether oxygens (including phenoxy) is 1. The monoisotopic (exact) mass is 547 g/mol. The van der Waals surface area contributed by atoms with Crippen molar-refractivity contribution >= 4 is 44.7 Å². The van der Waals surface area contributed by atoms with Crippen molar-refractivity contribution in [1.82, 2.24) is 14.9 Å². The normalized spacial score (nSPS) is 17.2. The van der Waals surface area contributed by atoms with Gasteiger partial charge in [-0.3, -0.25) is 9.71 Å². The molecule has 0 radical (unpaired) electrons. The first-order valence-corrected chi connectivity index (χ1v) is 14.0. The highest BCUT2D eigenvalue weighted by Gasteiger charge is 2.42. The lowest BCUT2D eigenvalue weighted by Crippen LogP contribution is -2.30. The van der Waals surface area contributed by atoms with E-state index in [0.29, 0.717) is 16.4 Å². The van der Waals surface area contributed by atoms with Gasteiger partial charge in [-0.1, -0.05) is 12.1 Å². The highest BCUT2D eigenvalue weighted by Crippen LogP contribution is 2.42. The minimum atomic E-state index is -3.41. The molecule has 194 valence electrons. The lowest BCUT2D eigenvalue weighted by atomic mass is 10.0. The van der Waals surface area contributed by atoms with E-state index in [2.05, 4.69) is 15.0 Å². The largest absolute Gasteiger partial charge is 0.465 e. The molecule has 38 heavy (non-hydrogen) atoms. The molecule has 1 aliphatic heterocycles. The van der Waals surface area contributed by atoms with E-state index in [1.54, 1.807) is 30.5 Å². The van der Waals surface area contributed by atoms with Crippen LogP contribution in [0.1, 0.15) is 33.8 Å². The third-order valence-corrected chi connectivity index (χ3v) is 7.10. The van der Waals surface area contributed by atoms with Crippen LogP contribution in [0, 0.1) is 0 Å². The highest BCUT2D eigenvalue weighted by atomic mass is 32.2. The Morgan fingerprint density at radius 1 is 1.03 bits per heavy atom. The number of nitrogens with zero attached hydrogens (tertiary/aromatic N) is 3. The van der Waals surface area contributed by atoms with Gasteiger partial charge in [-0.15, -0.1) is 0 Å². The second-order valence-electron chi connectivity index (χ2n) is 8.76. The fraction of sp³-hybridized carbons (Fsp3) is 0.148. The molecule has 4 aromatic rings. The number of hydrogen-bond acceptors (Lipinski definition) is 6. The van der Waals surface area contributed by atoms with Gasteiger partial charge in [0, 0.05) is 35.1 Å². The predicted octanol–water partition coefficient (Wildman–Crippen LogP) is 4.21. The van der Waals surface area contributed by atoms with Gasteiger partial charge in [0.2, 0.25) is 10.0 Å². The molecular formula is C27H25N5O4S2. The van der Waals surface area contributed by atoms with Gasteiger partial charge in [-0.25, -0.2) is 13.2 Å². The third-order valence-electron chi connectivity index (χ3n) is 6.18. The summed E-state index contributed by atoms with van der Waals surface area (Å²) in [5.41, 5.74) is 4.19. The molecule has 0 bridgehead atoms. The number of carbonyl (C=O) groups is 1. The van der Waals surface area contributed by atoms with E-state index in [1.165, 1.54) is 7.11 Å². The fourth-order valence-corrected chi connectivity index (χ4v) is 5.52. The summed E-state index contributed by atoms with van der Waals surface area (Å²) in [6, 6.07) is 23.3. The Morgan fingerprint density at radius 2 is 1.82 bits per heavy atom. The van der Waals surface area contributed by atoms with Crippen LogP contribution >= 0.6 is 12.2 Å². The van der Waals surface area contributed by atoms with E-state index in [-0.39, 0.29) is 12.1 Å². The first-order valence-electron chi connectivity index (χ1n) is 11.7. The van der Waals surface area contributed by atoms with Crippen molar-refractivity contribution < 1.29 is 17.9 Å². The molecule has 0 unspecified atom stereocenters. The molecule has 2 N–H and O–H groups in total. The van der Waals surface area contributed by atoms with E-state index < -0.39 is 16.0 Å². The second kappa shape index (κ2) is 10.3.